The Hall–Kier alpha value is -1.03. The highest BCUT2D eigenvalue weighted by Gasteiger charge is 2.21. The predicted octanol–water partition coefficient (Wildman–Crippen LogP) is 3.80. The van der Waals surface area contributed by atoms with Crippen molar-refractivity contribution < 1.29 is 0 Å². The number of hydrogen-bond acceptors (Lipinski definition) is 4. The van der Waals surface area contributed by atoms with Gasteiger partial charge >= 0.3 is 0 Å². The molecular weight excluding hydrogens is 260 g/mol. The molecule has 0 radical (unpaired) electrons. The van der Waals surface area contributed by atoms with Gasteiger partial charge in [-0.05, 0) is 25.2 Å². The summed E-state index contributed by atoms with van der Waals surface area (Å²) < 4.78 is 0. The van der Waals surface area contributed by atoms with E-state index in [-0.39, 0.29) is 0 Å². The molecule has 2 unspecified atom stereocenters. The van der Waals surface area contributed by atoms with Crippen LogP contribution in [0.15, 0.2) is 6.20 Å². The maximum Gasteiger partial charge on any atom is 0.224 e. The Labute approximate surface area is 120 Å². The van der Waals surface area contributed by atoms with E-state index >= 15 is 0 Å². The lowest BCUT2D eigenvalue weighted by molar-refractivity contribution is 0.268. The number of nitrogens with one attached hydrogen (secondary N) is 2. The predicted molar refractivity (Wildman–Crippen MR) is 80.8 cm³/mol. The van der Waals surface area contributed by atoms with Gasteiger partial charge in [-0.3, -0.25) is 0 Å². The molecule has 19 heavy (non-hydrogen) atoms. The first-order valence-corrected chi connectivity index (χ1v) is 7.58. The minimum atomic E-state index is 0.588. The molecule has 1 aromatic heterocycles. The van der Waals surface area contributed by atoms with Gasteiger partial charge in [-0.1, -0.05) is 37.8 Å². The molecule has 2 atom stereocenters. The lowest BCUT2D eigenvalue weighted by atomic mass is 9.80. The molecule has 1 saturated carbocycles. The van der Waals surface area contributed by atoms with Crippen LogP contribution in [-0.2, 0) is 0 Å². The second-order valence-corrected chi connectivity index (χ2v) is 5.73. The standard InChI is InChI=1S/C14H23ClN4/c1-3-16-14-18-9-12(15)13(19-14)17-8-11-7-5-4-6-10(11)2/h9-11H,3-8H2,1-2H3,(H2,16,17,18,19). The quantitative estimate of drug-likeness (QED) is 0.862. The van der Waals surface area contributed by atoms with Gasteiger partial charge in [0.25, 0.3) is 0 Å². The van der Waals surface area contributed by atoms with E-state index in [9.17, 15) is 0 Å². The number of anilines is 2. The van der Waals surface area contributed by atoms with Crippen LogP contribution >= 0.6 is 11.6 Å². The molecule has 5 heteroatoms. The van der Waals surface area contributed by atoms with Gasteiger partial charge < -0.3 is 10.6 Å². The van der Waals surface area contributed by atoms with Crippen LogP contribution in [0.5, 0.6) is 0 Å². The van der Waals surface area contributed by atoms with E-state index < -0.39 is 0 Å². The summed E-state index contributed by atoms with van der Waals surface area (Å²) in [6, 6.07) is 0. The van der Waals surface area contributed by atoms with Gasteiger partial charge in [-0.15, -0.1) is 0 Å². The normalized spacial score (nSPS) is 23.1. The van der Waals surface area contributed by atoms with E-state index in [1.165, 1.54) is 25.7 Å². The van der Waals surface area contributed by atoms with E-state index in [0.717, 1.165) is 30.7 Å². The molecule has 0 aromatic carbocycles. The molecule has 4 nitrogen and oxygen atoms in total. The third-order valence-corrected chi connectivity index (χ3v) is 4.18. The summed E-state index contributed by atoms with van der Waals surface area (Å²) in [6.07, 6.45) is 7.01. The molecule has 0 aliphatic heterocycles. The van der Waals surface area contributed by atoms with Crippen molar-refractivity contribution in [1.29, 1.82) is 0 Å². The molecular formula is C14H23ClN4. The molecule has 2 rings (SSSR count). The lowest BCUT2D eigenvalue weighted by Crippen LogP contribution is -2.24. The summed E-state index contributed by atoms with van der Waals surface area (Å²) >= 11 is 6.14. The van der Waals surface area contributed by atoms with Gasteiger partial charge in [-0.25, -0.2) is 4.98 Å². The average Bonchev–Trinajstić information content (AvgIpc) is 2.41. The third kappa shape index (κ3) is 3.96. The fraction of sp³-hybridized carbons (Fsp3) is 0.714. The Bertz CT molecular complexity index is 410. The van der Waals surface area contributed by atoms with E-state index in [2.05, 4.69) is 27.5 Å². The zero-order chi connectivity index (χ0) is 13.7. The number of halogens is 1. The monoisotopic (exact) mass is 282 g/mol. The lowest BCUT2D eigenvalue weighted by Gasteiger charge is -2.29. The van der Waals surface area contributed by atoms with Gasteiger partial charge in [0.15, 0.2) is 0 Å². The molecule has 1 aliphatic carbocycles. The SMILES string of the molecule is CCNc1ncc(Cl)c(NCC2CCCCC2C)n1. The van der Waals surface area contributed by atoms with Crippen molar-refractivity contribution in [2.45, 2.75) is 39.5 Å². The molecule has 0 spiro atoms. The van der Waals surface area contributed by atoms with Crippen molar-refractivity contribution in [3.63, 3.8) is 0 Å². The molecule has 1 heterocycles. The van der Waals surface area contributed by atoms with Crippen molar-refractivity contribution in [2.24, 2.45) is 11.8 Å². The summed E-state index contributed by atoms with van der Waals surface area (Å²) in [4.78, 5) is 8.55. The first-order valence-electron chi connectivity index (χ1n) is 7.21. The minimum Gasteiger partial charge on any atom is -0.368 e. The van der Waals surface area contributed by atoms with Crippen molar-refractivity contribution >= 4 is 23.4 Å². The Kier molecular flexibility index (Phi) is 5.25. The summed E-state index contributed by atoms with van der Waals surface area (Å²) in [5, 5.41) is 7.08. The number of hydrogen-bond donors (Lipinski definition) is 2. The van der Waals surface area contributed by atoms with E-state index in [4.69, 9.17) is 11.6 Å². The van der Waals surface area contributed by atoms with Gasteiger partial charge in [-0.2, -0.15) is 4.98 Å². The Balaban J connectivity index is 1.96. The van der Waals surface area contributed by atoms with E-state index in [0.29, 0.717) is 11.0 Å². The number of nitrogens with zero attached hydrogens (tertiary/aromatic N) is 2. The van der Waals surface area contributed by atoms with Crippen molar-refractivity contribution in [1.82, 2.24) is 9.97 Å². The molecule has 1 fully saturated rings. The highest BCUT2D eigenvalue weighted by atomic mass is 35.5. The van der Waals surface area contributed by atoms with Crippen LogP contribution in [0.25, 0.3) is 0 Å². The highest BCUT2D eigenvalue weighted by molar-refractivity contribution is 6.32. The second-order valence-electron chi connectivity index (χ2n) is 5.32. The second kappa shape index (κ2) is 6.94. The first kappa shape index (κ1) is 14.4. The smallest absolute Gasteiger partial charge is 0.224 e. The zero-order valence-electron chi connectivity index (χ0n) is 11.7. The summed E-state index contributed by atoms with van der Waals surface area (Å²) in [5.74, 6) is 2.88. The van der Waals surface area contributed by atoms with Crippen molar-refractivity contribution in [2.75, 3.05) is 23.7 Å². The molecule has 0 bridgehead atoms. The first-order chi connectivity index (χ1) is 9.20. The van der Waals surface area contributed by atoms with E-state index in [1.807, 2.05) is 6.92 Å². The van der Waals surface area contributed by atoms with Crippen LogP contribution in [0.2, 0.25) is 5.02 Å². The van der Waals surface area contributed by atoms with Gasteiger partial charge in [0.2, 0.25) is 5.95 Å². The van der Waals surface area contributed by atoms with Crippen LogP contribution in [0.3, 0.4) is 0 Å². The fourth-order valence-electron chi connectivity index (χ4n) is 2.66. The molecule has 106 valence electrons. The number of rotatable bonds is 5. The van der Waals surface area contributed by atoms with Gasteiger partial charge in [0.1, 0.15) is 10.8 Å². The Morgan fingerprint density at radius 1 is 1.32 bits per heavy atom. The highest BCUT2D eigenvalue weighted by Crippen LogP contribution is 2.30. The molecule has 1 aromatic rings. The topological polar surface area (TPSA) is 49.8 Å². The maximum atomic E-state index is 6.14. The summed E-state index contributed by atoms with van der Waals surface area (Å²) in [7, 11) is 0. The average molecular weight is 283 g/mol. The Morgan fingerprint density at radius 3 is 2.84 bits per heavy atom. The van der Waals surface area contributed by atoms with Crippen LogP contribution < -0.4 is 10.6 Å². The van der Waals surface area contributed by atoms with Crippen molar-refractivity contribution in [3.05, 3.63) is 11.2 Å². The summed E-state index contributed by atoms with van der Waals surface area (Å²) in [6.45, 7) is 6.12. The zero-order valence-corrected chi connectivity index (χ0v) is 12.5. The minimum absolute atomic E-state index is 0.588. The fourth-order valence-corrected chi connectivity index (χ4v) is 2.82. The van der Waals surface area contributed by atoms with E-state index in [1.54, 1.807) is 6.20 Å². The van der Waals surface area contributed by atoms with Crippen molar-refractivity contribution in [3.8, 4) is 0 Å². The molecule has 1 aliphatic rings. The van der Waals surface area contributed by atoms with Gasteiger partial charge in [0.05, 0.1) is 6.20 Å². The molecule has 0 amide bonds. The van der Waals surface area contributed by atoms with Crippen LogP contribution in [-0.4, -0.2) is 23.1 Å². The van der Waals surface area contributed by atoms with Gasteiger partial charge in [0, 0.05) is 13.1 Å². The van der Waals surface area contributed by atoms with Crippen LogP contribution in [0, 0.1) is 11.8 Å². The Morgan fingerprint density at radius 2 is 2.11 bits per heavy atom. The maximum absolute atomic E-state index is 6.14. The number of aromatic nitrogens is 2. The van der Waals surface area contributed by atoms with Crippen LogP contribution in [0.1, 0.15) is 39.5 Å². The van der Waals surface area contributed by atoms with Crippen LogP contribution in [0.4, 0.5) is 11.8 Å². The largest absolute Gasteiger partial charge is 0.368 e. The molecule has 2 N–H and O–H groups in total. The third-order valence-electron chi connectivity index (χ3n) is 3.90. The molecule has 0 saturated heterocycles. The summed E-state index contributed by atoms with van der Waals surface area (Å²) in [5.41, 5.74) is 0.